The first-order chi connectivity index (χ1) is 18.6. The highest BCUT2D eigenvalue weighted by Crippen LogP contribution is 2.27. The van der Waals surface area contributed by atoms with E-state index >= 15 is 0 Å². The van der Waals surface area contributed by atoms with E-state index in [9.17, 15) is 0 Å². The summed E-state index contributed by atoms with van der Waals surface area (Å²) < 4.78 is 2.55. The Morgan fingerprint density at radius 3 is 2.53 bits per heavy atom. The predicted molar refractivity (Wildman–Crippen MR) is 158 cm³/mol. The SMILES string of the molecule is Cc1ncc(CCc2ccc(C)n2C2=c3ccc4c(c3CCC2)CC=c2cc(Cl)ccc2=4)c2ccccc12. The van der Waals surface area contributed by atoms with Crippen molar-refractivity contribution < 1.29 is 0 Å². The van der Waals surface area contributed by atoms with E-state index in [0.717, 1.165) is 42.8 Å². The molecule has 0 spiro atoms. The van der Waals surface area contributed by atoms with Gasteiger partial charge in [-0.15, -0.1) is 0 Å². The summed E-state index contributed by atoms with van der Waals surface area (Å²) in [4.78, 5) is 4.71. The Morgan fingerprint density at radius 2 is 1.63 bits per heavy atom. The van der Waals surface area contributed by atoms with Gasteiger partial charge in [0.1, 0.15) is 0 Å². The normalized spacial score (nSPS) is 14.1. The van der Waals surface area contributed by atoms with Gasteiger partial charge in [0.25, 0.3) is 0 Å². The van der Waals surface area contributed by atoms with E-state index in [2.05, 4.69) is 91.4 Å². The van der Waals surface area contributed by atoms with Crippen LogP contribution in [0.1, 0.15) is 46.6 Å². The molecule has 0 fully saturated rings. The molecule has 3 aromatic carbocycles. The second-order valence-corrected chi connectivity index (χ2v) is 11.2. The number of aryl methyl sites for hydroxylation is 4. The number of benzene rings is 3. The van der Waals surface area contributed by atoms with Gasteiger partial charge in [-0.3, -0.25) is 4.98 Å². The van der Waals surface area contributed by atoms with Gasteiger partial charge in [0.15, 0.2) is 0 Å². The predicted octanol–water partition coefficient (Wildman–Crippen LogP) is 6.71. The number of fused-ring (bicyclic) bond motifs is 5. The number of hydrogen-bond donors (Lipinski definition) is 0. The molecular weight excluding hydrogens is 484 g/mol. The van der Waals surface area contributed by atoms with Crippen molar-refractivity contribution in [2.75, 3.05) is 0 Å². The van der Waals surface area contributed by atoms with E-state index in [1.165, 1.54) is 71.8 Å². The molecule has 2 aliphatic rings. The molecule has 0 bridgehead atoms. The largest absolute Gasteiger partial charge is 0.321 e. The van der Waals surface area contributed by atoms with Gasteiger partial charge in [-0.25, -0.2) is 0 Å². The van der Waals surface area contributed by atoms with Crippen molar-refractivity contribution in [2.24, 2.45) is 0 Å². The summed E-state index contributed by atoms with van der Waals surface area (Å²) >= 11 is 6.30. The summed E-state index contributed by atoms with van der Waals surface area (Å²) in [6, 6.07) is 24.3. The summed E-state index contributed by atoms with van der Waals surface area (Å²) in [5.41, 5.74) is 9.63. The quantitative estimate of drug-likeness (QED) is 0.260. The molecule has 0 unspecified atom stereocenters. The molecule has 188 valence electrons. The van der Waals surface area contributed by atoms with Gasteiger partial charge in [0.2, 0.25) is 0 Å². The lowest BCUT2D eigenvalue weighted by Crippen LogP contribution is -2.26. The van der Waals surface area contributed by atoms with Crippen LogP contribution in [0.15, 0.2) is 72.9 Å². The van der Waals surface area contributed by atoms with Crippen molar-refractivity contribution >= 4 is 34.1 Å². The highest BCUT2D eigenvalue weighted by Gasteiger charge is 2.19. The summed E-state index contributed by atoms with van der Waals surface area (Å²) in [6.45, 7) is 4.35. The Kier molecular flexibility index (Phi) is 5.74. The maximum absolute atomic E-state index is 6.30. The number of hydrogen-bond acceptors (Lipinski definition) is 1. The standard InChI is InChI=1S/C35H31ClN2/c1-22-10-14-27(15-11-25-21-37-23(2)28-6-3-4-7-29(25)28)38(22)35-9-5-8-31-33-16-12-24-20-26(36)13-17-30(24)32(33)18-19-34(31)35/h3-4,6-7,10,12-14,17-21H,5,8-9,11,15-16H2,1-2H3. The Balaban J connectivity index is 1.34. The Hall–Kier alpha value is -3.62. The fraction of sp³-hybridized carbons (Fsp3) is 0.229. The third kappa shape index (κ3) is 3.82. The number of aromatic nitrogens is 2. The highest BCUT2D eigenvalue weighted by molar-refractivity contribution is 6.30. The molecule has 0 aliphatic heterocycles. The number of rotatable bonds is 4. The molecule has 0 saturated carbocycles. The van der Waals surface area contributed by atoms with Crippen molar-refractivity contribution in [1.29, 1.82) is 0 Å². The van der Waals surface area contributed by atoms with E-state index in [0.29, 0.717) is 0 Å². The maximum Gasteiger partial charge on any atom is 0.0451 e. The van der Waals surface area contributed by atoms with Crippen LogP contribution in [-0.4, -0.2) is 9.55 Å². The maximum atomic E-state index is 6.30. The zero-order chi connectivity index (χ0) is 25.8. The number of pyridine rings is 1. The lowest BCUT2D eigenvalue weighted by Gasteiger charge is -2.24. The zero-order valence-corrected chi connectivity index (χ0v) is 22.8. The highest BCUT2D eigenvalue weighted by atomic mass is 35.5. The molecule has 38 heavy (non-hydrogen) atoms. The van der Waals surface area contributed by atoms with E-state index < -0.39 is 0 Å². The van der Waals surface area contributed by atoms with Gasteiger partial charge in [0, 0.05) is 39.4 Å². The van der Waals surface area contributed by atoms with E-state index in [4.69, 9.17) is 16.6 Å². The Labute approximate surface area is 228 Å². The van der Waals surface area contributed by atoms with Crippen molar-refractivity contribution in [1.82, 2.24) is 9.55 Å². The average molecular weight is 515 g/mol. The van der Waals surface area contributed by atoms with E-state index in [-0.39, 0.29) is 0 Å². The van der Waals surface area contributed by atoms with Gasteiger partial charge < -0.3 is 4.57 Å². The van der Waals surface area contributed by atoms with Crippen LogP contribution in [-0.2, 0) is 25.7 Å². The van der Waals surface area contributed by atoms with Crippen LogP contribution in [0, 0.1) is 24.3 Å². The smallest absolute Gasteiger partial charge is 0.0451 e. The number of halogens is 1. The molecule has 7 rings (SSSR count). The van der Waals surface area contributed by atoms with Crippen LogP contribution < -0.4 is 10.4 Å². The van der Waals surface area contributed by atoms with Gasteiger partial charge >= 0.3 is 0 Å². The third-order valence-corrected chi connectivity index (χ3v) is 8.80. The molecule has 0 radical (unpaired) electrons. The minimum Gasteiger partial charge on any atom is -0.321 e. The van der Waals surface area contributed by atoms with Gasteiger partial charge in [-0.2, -0.15) is 0 Å². The summed E-state index contributed by atoms with van der Waals surface area (Å²) in [5.74, 6) is 0. The third-order valence-electron chi connectivity index (χ3n) is 8.57. The molecule has 0 N–H and O–H groups in total. The summed E-state index contributed by atoms with van der Waals surface area (Å²) in [5, 5.41) is 8.77. The monoisotopic (exact) mass is 514 g/mol. The van der Waals surface area contributed by atoms with Crippen molar-refractivity contribution in [3.8, 4) is 0 Å². The summed E-state index contributed by atoms with van der Waals surface area (Å²) in [6.07, 6.45) is 10.8. The van der Waals surface area contributed by atoms with Crippen LogP contribution in [0.4, 0.5) is 0 Å². The van der Waals surface area contributed by atoms with Gasteiger partial charge in [-0.1, -0.05) is 60.1 Å². The second kappa shape index (κ2) is 9.29. The first kappa shape index (κ1) is 23.5. The van der Waals surface area contributed by atoms with Crippen molar-refractivity contribution in [3.63, 3.8) is 0 Å². The summed E-state index contributed by atoms with van der Waals surface area (Å²) in [7, 11) is 0. The van der Waals surface area contributed by atoms with Gasteiger partial charge in [0.05, 0.1) is 0 Å². The molecule has 2 heterocycles. The molecule has 0 saturated heterocycles. The molecule has 2 aromatic heterocycles. The topological polar surface area (TPSA) is 17.8 Å². The first-order valence-electron chi connectivity index (χ1n) is 13.7. The molecule has 0 atom stereocenters. The van der Waals surface area contributed by atoms with Crippen molar-refractivity contribution in [2.45, 2.75) is 52.4 Å². The fourth-order valence-corrected chi connectivity index (χ4v) is 6.90. The average Bonchev–Trinajstić information content (AvgIpc) is 3.31. The van der Waals surface area contributed by atoms with Crippen LogP contribution in [0.2, 0.25) is 5.02 Å². The minimum atomic E-state index is 0.807. The molecule has 0 amide bonds. The zero-order valence-electron chi connectivity index (χ0n) is 22.0. The van der Waals surface area contributed by atoms with Crippen LogP contribution in [0.3, 0.4) is 0 Å². The lowest BCUT2D eigenvalue weighted by molar-refractivity contribution is 0.750. The fourth-order valence-electron chi connectivity index (χ4n) is 6.72. The molecule has 2 nitrogen and oxygen atoms in total. The molecule has 2 aliphatic carbocycles. The van der Waals surface area contributed by atoms with Crippen molar-refractivity contribution in [3.05, 3.63) is 133 Å². The lowest BCUT2D eigenvalue weighted by atomic mass is 9.87. The van der Waals surface area contributed by atoms with Crippen LogP contribution in [0.25, 0.3) is 22.5 Å². The van der Waals surface area contributed by atoms with Gasteiger partial charge in [-0.05, 0) is 120 Å². The minimum absolute atomic E-state index is 0.807. The molecular formula is C35H31ClN2. The molecule has 5 aromatic rings. The van der Waals surface area contributed by atoms with E-state index in [1.807, 2.05) is 6.07 Å². The second-order valence-electron chi connectivity index (χ2n) is 10.8. The van der Waals surface area contributed by atoms with E-state index in [1.54, 1.807) is 0 Å². The van der Waals surface area contributed by atoms with Crippen LogP contribution in [0.5, 0.6) is 0 Å². The van der Waals surface area contributed by atoms with Crippen LogP contribution >= 0.6 is 11.6 Å². The molecule has 3 heteroatoms. The Bertz CT molecular complexity index is 1960. The first-order valence-corrected chi connectivity index (χ1v) is 14.1. The Morgan fingerprint density at radius 1 is 0.816 bits per heavy atom. The number of nitrogens with zero attached hydrogens (tertiary/aromatic N) is 2.